The standard InChI is InChI=1S/C14H29N3O/c1-6-11(2)16-7-9-17(10-8-16)13(18)12(15)14(3,4)5/h11-12H,6-10,15H2,1-5H3/t11?,12-/m0/s1. The Balaban J connectivity index is 2.50. The predicted octanol–water partition coefficient (Wildman–Crippen LogP) is 1.30. The van der Waals surface area contributed by atoms with Crippen molar-refractivity contribution >= 4 is 5.91 Å². The molecule has 0 aromatic carbocycles. The SMILES string of the molecule is CCC(C)N1CCN(C(=O)[C@H](N)C(C)(C)C)CC1. The highest BCUT2D eigenvalue weighted by atomic mass is 16.2. The van der Waals surface area contributed by atoms with Gasteiger partial charge in [-0.25, -0.2) is 0 Å². The summed E-state index contributed by atoms with van der Waals surface area (Å²) in [6.07, 6.45) is 1.16. The lowest BCUT2D eigenvalue weighted by Gasteiger charge is -2.40. The smallest absolute Gasteiger partial charge is 0.240 e. The van der Waals surface area contributed by atoms with Gasteiger partial charge in [-0.15, -0.1) is 0 Å². The number of rotatable bonds is 3. The number of amides is 1. The molecule has 1 aliphatic heterocycles. The molecule has 1 rings (SSSR count). The van der Waals surface area contributed by atoms with Crippen molar-refractivity contribution in [3.8, 4) is 0 Å². The Morgan fingerprint density at radius 1 is 1.22 bits per heavy atom. The molecule has 1 aliphatic rings. The average molecular weight is 255 g/mol. The van der Waals surface area contributed by atoms with Crippen LogP contribution in [0.4, 0.5) is 0 Å². The monoisotopic (exact) mass is 255 g/mol. The molecule has 1 unspecified atom stereocenters. The summed E-state index contributed by atoms with van der Waals surface area (Å²) in [5.74, 6) is 0.103. The van der Waals surface area contributed by atoms with Crippen LogP contribution in [0.15, 0.2) is 0 Å². The predicted molar refractivity (Wildman–Crippen MR) is 75.3 cm³/mol. The quantitative estimate of drug-likeness (QED) is 0.827. The molecular formula is C14H29N3O. The molecular weight excluding hydrogens is 226 g/mol. The fraction of sp³-hybridized carbons (Fsp3) is 0.929. The lowest BCUT2D eigenvalue weighted by molar-refractivity contribution is -0.137. The van der Waals surface area contributed by atoms with Gasteiger partial charge >= 0.3 is 0 Å². The van der Waals surface area contributed by atoms with Crippen LogP contribution in [-0.2, 0) is 4.79 Å². The number of nitrogens with zero attached hydrogens (tertiary/aromatic N) is 2. The fourth-order valence-corrected chi connectivity index (χ4v) is 2.21. The normalized spacial score (nSPS) is 21.8. The Labute approximate surface area is 111 Å². The number of piperazine rings is 1. The molecule has 0 bridgehead atoms. The van der Waals surface area contributed by atoms with Crippen molar-refractivity contribution in [2.45, 2.75) is 53.1 Å². The van der Waals surface area contributed by atoms with Crippen molar-refractivity contribution in [1.29, 1.82) is 0 Å². The van der Waals surface area contributed by atoms with E-state index in [4.69, 9.17) is 5.73 Å². The molecule has 0 spiro atoms. The molecule has 1 saturated heterocycles. The molecule has 0 aliphatic carbocycles. The number of nitrogens with two attached hydrogens (primary N) is 1. The first kappa shape index (κ1) is 15.4. The van der Waals surface area contributed by atoms with Gasteiger partial charge in [0, 0.05) is 32.2 Å². The summed E-state index contributed by atoms with van der Waals surface area (Å²) >= 11 is 0. The molecule has 0 saturated carbocycles. The highest BCUT2D eigenvalue weighted by Gasteiger charge is 2.32. The van der Waals surface area contributed by atoms with Crippen LogP contribution in [-0.4, -0.2) is 54.0 Å². The van der Waals surface area contributed by atoms with Crippen LogP contribution in [0.1, 0.15) is 41.0 Å². The molecule has 1 fully saturated rings. The summed E-state index contributed by atoms with van der Waals surface area (Å²) in [5.41, 5.74) is 5.88. The molecule has 0 aromatic rings. The van der Waals surface area contributed by atoms with Crippen molar-refractivity contribution in [3.63, 3.8) is 0 Å². The summed E-state index contributed by atoms with van der Waals surface area (Å²) in [7, 11) is 0. The molecule has 1 amide bonds. The topological polar surface area (TPSA) is 49.6 Å². The lowest BCUT2D eigenvalue weighted by Crippen LogP contribution is -2.57. The average Bonchev–Trinajstić information content (AvgIpc) is 2.35. The van der Waals surface area contributed by atoms with E-state index in [2.05, 4.69) is 18.7 Å². The number of carbonyl (C=O) groups excluding carboxylic acids is 1. The second-order valence-electron chi connectivity index (χ2n) is 6.46. The fourth-order valence-electron chi connectivity index (χ4n) is 2.21. The van der Waals surface area contributed by atoms with Crippen LogP contribution < -0.4 is 5.73 Å². The first-order valence-corrected chi connectivity index (χ1v) is 7.05. The van der Waals surface area contributed by atoms with Gasteiger partial charge in [0.15, 0.2) is 0 Å². The summed E-state index contributed by atoms with van der Waals surface area (Å²) in [6.45, 7) is 14.1. The van der Waals surface area contributed by atoms with Gasteiger partial charge in [-0.2, -0.15) is 0 Å². The Kier molecular flexibility index (Phi) is 5.17. The summed E-state index contributed by atoms with van der Waals surface area (Å²) in [4.78, 5) is 16.6. The van der Waals surface area contributed by atoms with Crippen LogP contribution in [0.25, 0.3) is 0 Å². The first-order valence-electron chi connectivity index (χ1n) is 7.05. The third-order valence-electron chi connectivity index (χ3n) is 4.04. The Morgan fingerprint density at radius 2 is 1.72 bits per heavy atom. The van der Waals surface area contributed by atoms with E-state index in [1.807, 2.05) is 25.7 Å². The largest absolute Gasteiger partial charge is 0.339 e. The lowest BCUT2D eigenvalue weighted by atomic mass is 9.86. The van der Waals surface area contributed by atoms with Crippen molar-refractivity contribution in [3.05, 3.63) is 0 Å². The minimum atomic E-state index is -0.396. The Bertz CT molecular complexity index is 277. The number of hydrogen-bond donors (Lipinski definition) is 1. The summed E-state index contributed by atoms with van der Waals surface area (Å²) in [6, 6.07) is 0.214. The Morgan fingerprint density at radius 3 is 2.11 bits per heavy atom. The van der Waals surface area contributed by atoms with Gasteiger partial charge < -0.3 is 10.6 Å². The van der Waals surface area contributed by atoms with E-state index >= 15 is 0 Å². The van der Waals surface area contributed by atoms with Gasteiger partial charge in [0.1, 0.15) is 0 Å². The van der Waals surface area contributed by atoms with E-state index in [-0.39, 0.29) is 11.3 Å². The van der Waals surface area contributed by atoms with Crippen molar-refractivity contribution in [2.75, 3.05) is 26.2 Å². The molecule has 106 valence electrons. The van der Waals surface area contributed by atoms with Crippen LogP contribution in [0.2, 0.25) is 0 Å². The second-order valence-corrected chi connectivity index (χ2v) is 6.46. The van der Waals surface area contributed by atoms with Crippen molar-refractivity contribution < 1.29 is 4.79 Å². The van der Waals surface area contributed by atoms with Crippen molar-refractivity contribution in [2.24, 2.45) is 11.1 Å². The van der Waals surface area contributed by atoms with Gasteiger partial charge in [0.2, 0.25) is 5.91 Å². The number of carbonyl (C=O) groups is 1. The maximum atomic E-state index is 12.3. The molecule has 2 N–H and O–H groups in total. The zero-order valence-corrected chi connectivity index (χ0v) is 12.6. The molecule has 1 heterocycles. The molecule has 4 heteroatoms. The Hall–Kier alpha value is -0.610. The maximum Gasteiger partial charge on any atom is 0.240 e. The molecule has 0 aromatic heterocycles. The van der Waals surface area contributed by atoms with Crippen molar-refractivity contribution in [1.82, 2.24) is 9.80 Å². The first-order chi connectivity index (χ1) is 8.27. The van der Waals surface area contributed by atoms with Crippen LogP contribution >= 0.6 is 0 Å². The molecule has 18 heavy (non-hydrogen) atoms. The zero-order chi connectivity index (χ0) is 13.9. The molecule has 2 atom stereocenters. The third-order valence-corrected chi connectivity index (χ3v) is 4.04. The van der Waals surface area contributed by atoms with E-state index in [9.17, 15) is 4.79 Å². The summed E-state index contributed by atoms with van der Waals surface area (Å²) in [5, 5.41) is 0. The van der Waals surface area contributed by atoms with E-state index < -0.39 is 6.04 Å². The van der Waals surface area contributed by atoms with Gasteiger partial charge in [-0.3, -0.25) is 9.69 Å². The summed E-state index contributed by atoms with van der Waals surface area (Å²) < 4.78 is 0. The highest BCUT2D eigenvalue weighted by Crippen LogP contribution is 2.20. The second kappa shape index (κ2) is 6.02. The van der Waals surface area contributed by atoms with Gasteiger partial charge in [-0.1, -0.05) is 27.7 Å². The maximum absolute atomic E-state index is 12.3. The molecule has 0 radical (unpaired) electrons. The zero-order valence-electron chi connectivity index (χ0n) is 12.6. The number of hydrogen-bond acceptors (Lipinski definition) is 3. The van der Waals surface area contributed by atoms with Crippen LogP contribution in [0.5, 0.6) is 0 Å². The van der Waals surface area contributed by atoms with E-state index in [0.29, 0.717) is 6.04 Å². The van der Waals surface area contributed by atoms with E-state index in [1.54, 1.807) is 0 Å². The van der Waals surface area contributed by atoms with Gasteiger partial charge in [0.25, 0.3) is 0 Å². The minimum Gasteiger partial charge on any atom is -0.339 e. The highest BCUT2D eigenvalue weighted by molar-refractivity contribution is 5.82. The van der Waals surface area contributed by atoms with Crippen LogP contribution in [0.3, 0.4) is 0 Å². The minimum absolute atomic E-state index is 0.103. The molecule has 4 nitrogen and oxygen atoms in total. The van der Waals surface area contributed by atoms with E-state index in [0.717, 1.165) is 32.6 Å². The van der Waals surface area contributed by atoms with Crippen LogP contribution in [0, 0.1) is 5.41 Å². The van der Waals surface area contributed by atoms with E-state index in [1.165, 1.54) is 0 Å². The van der Waals surface area contributed by atoms with Gasteiger partial charge in [0.05, 0.1) is 6.04 Å². The third kappa shape index (κ3) is 3.69. The van der Waals surface area contributed by atoms with Gasteiger partial charge in [-0.05, 0) is 18.8 Å².